The number of aldehydes is 1. The Hall–Kier alpha value is -3.59. The number of hydrogen-bond acceptors (Lipinski definition) is 7. The summed E-state index contributed by atoms with van der Waals surface area (Å²) in [5, 5.41) is 4.85. The van der Waals surface area contributed by atoms with E-state index in [1.54, 1.807) is 31.3 Å². The van der Waals surface area contributed by atoms with Gasteiger partial charge in [-0.3, -0.25) is 14.8 Å². The van der Waals surface area contributed by atoms with Gasteiger partial charge >= 0.3 is 0 Å². The summed E-state index contributed by atoms with van der Waals surface area (Å²) in [4.78, 5) is 31.0. The molecule has 1 unspecified atom stereocenters. The number of halogens is 1. The van der Waals surface area contributed by atoms with Crippen LogP contribution in [0.2, 0.25) is 0 Å². The fraction of sp³-hybridized carbons (Fsp3) is 0.158. The van der Waals surface area contributed by atoms with Crippen molar-refractivity contribution in [3.05, 3.63) is 54.0 Å². The van der Waals surface area contributed by atoms with Gasteiger partial charge < -0.3 is 15.8 Å². The number of anilines is 3. The van der Waals surface area contributed by atoms with Gasteiger partial charge in [0, 0.05) is 23.7 Å². The molecule has 0 aliphatic heterocycles. The number of aromatic nitrogens is 2. The molecule has 1 aromatic carbocycles. The molecule has 1 amide bonds. The van der Waals surface area contributed by atoms with Crippen LogP contribution in [0.15, 0.2) is 42.6 Å². The summed E-state index contributed by atoms with van der Waals surface area (Å²) in [5.74, 6) is 4.10. The van der Waals surface area contributed by atoms with Crippen LogP contribution in [0, 0.1) is 5.82 Å². The number of carbonyl (C=O) groups is 2. The van der Waals surface area contributed by atoms with Crippen molar-refractivity contribution < 1.29 is 14.0 Å². The van der Waals surface area contributed by atoms with Crippen molar-refractivity contribution >= 4 is 40.4 Å². The maximum Gasteiger partial charge on any atom is 0.252 e. The zero-order chi connectivity index (χ0) is 20.3. The van der Waals surface area contributed by atoms with E-state index in [1.165, 1.54) is 0 Å². The summed E-state index contributed by atoms with van der Waals surface area (Å²) < 4.78 is 14.5. The summed E-state index contributed by atoms with van der Waals surface area (Å²) in [6, 6.07) is 9.50. The molecule has 3 rings (SSSR count). The molecular formula is C19H19FN6O2. The molecule has 0 aliphatic carbocycles. The number of nitrogens with two attached hydrogens (primary N) is 2. The smallest absolute Gasteiger partial charge is 0.252 e. The number of primary amides is 1. The number of nitrogens with one attached hydrogen (secondary N) is 1. The minimum absolute atomic E-state index is 0.0500. The number of nitrogens with zero attached hydrogens (tertiary/aromatic N) is 3. The number of rotatable bonds is 7. The number of fused-ring (bicyclic) bond motifs is 1. The molecule has 0 bridgehead atoms. The molecule has 2 heterocycles. The first kappa shape index (κ1) is 19.2. The van der Waals surface area contributed by atoms with E-state index in [0.29, 0.717) is 12.0 Å². The molecule has 144 valence electrons. The van der Waals surface area contributed by atoms with Gasteiger partial charge in [-0.15, -0.1) is 0 Å². The van der Waals surface area contributed by atoms with E-state index in [9.17, 15) is 14.0 Å². The summed E-state index contributed by atoms with van der Waals surface area (Å²) in [6.07, 6.45) is 2.44. The van der Waals surface area contributed by atoms with E-state index < -0.39 is 17.8 Å². The fourth-order valence-corrected chi connectivity index (χ4v) is 2.74. The van der Waals surface area contributed by atoms with E-state index >= 15 is 0 Å². The highest BCUT2D eigenvalue weighted by Gasteiger charge is 2.21. The summed E-state index contributed by atoms with van der Waals surface area (Å²) >= 11 is 0. The Morgan fingerprint density at radius 1 is 1.36 bits per heavy atom. The number of pyridine rings is 2. The molecule has 0 saturated heterocycles. The zero-order valence-electron chi connectivity index (χ0n) is 15.1. The zero-order valence-corrected chi connectivity index (χ0v) is 15.1. The predicted octanol–water partition coefficient (Wildman–Crippen LogP) is 2.27. The van der Waals surface area contributed by atoms with Crippen LogP contribution in [-0.2, 0) is 4.79 Å². The first-order chi connectivity index (χ1) is 13.4. The molecule has 0 aliphatic rings. The van der Waals surface area contributed by atoms with Crippen molar-refractivity contribution in [2.45, 2.75) is 19.4 Å². The number of benzene rings is 1. The van der Waals surface area contributed by atoms with Crippen LogP contribution in [0.25, 0.3) is 10.9 Å². The molecule has 0 fully saturated rings. The highest BCUT2D eigenvalue weighted by molar-refractivity contribution is 6.00. The summed E-state index contributed by atoms with van der Waals surface area (Å²) in [5.41, 5.74) is 6.61. The van der Waals surface area contributed by atoms with Crippen LogP contribution in [0.4, 0.5) is 21.7 Å². The van der Waals surface area contributed by atoms with Gasteiger partial charge in [0.05, 0.1) is 17.1 Å². The van der Waals surface area contributed by atoms with Crippen molar-refractivity contribution in [2.24, 2.45) is 11.6 Å². The van der Waals surface area contributed by atoms with Gasteiger partial charge in [-0.25, -0.2) is 15.2 Å². The second-order valence-electron chi connectivity index (χ2n) is 6.21. The molecule has 9 heteroatoms. The highest BCUT2D eigenvalue weighted by Crippen LogP contribution is 2.29. The second kappa shape index (κ2) is 7.97. The Morgan fingerprint density at radius 3 is 2.86 bits per heavy atom. The summed E-state index contributed by atoms with van der Waals surface area (Å²) in [6.45, 7) is 1.65. The third-order valence-corrected chi connectivity index (χ3v) is 4.28. The summed E-state index contributed by atoms with van der Waals surface area (Å²) in [7, 11) is 0. The Labute approximate surface area is 160 Å². The van der Waals surface area contributed by atoms with Crippen LogP contribution < -0.4 is 21.9 Å². The molecule has 8 nitrogen and oxygen atoms in total. The predicted molar refractivity (Wildman–Crippen MR) is 105 cm³/mol. The lowest BCUT2D eigenvalue weighted by Crippen LogP contribution is -2.41. The molecule has 3 aromatic rings. The topological polar surface area (TPSA) is 127 Å². The molecule has 1 atom stereocenters. The minimum atomic E-state index is -0.844. The largest absolute Gasteiger partial charge is 0.365 e. The van der Waals surface area contributed by atoms with E-state index in [-0.39, 0.29) is 23.6 Å². The molecular weight excluding hydrogens is 363 g/mol. The van der Waals surface area contributed by atoms with E-state index in [4.69, 9.17) is 11.6 Å². The van der Waals surface area contributed by atoms with Crippen LogP contribution >= 0.6 is 0 Å². The number of carbonyl (C=O) groups excluding carboxylic acids is 2. The van der Waals surface area contributed by atoms with Gasteiger partial charge in [-0.05, 0) is 37.3 Å². The van der Waals surface area contributed by atoms with Gasteiger partial charge in [-0.1, -0.05) is 6.07 Å². The minimum Gasteiger partial charge on any atom is -0.365 e. The SMILES string of the molecule is CC(CC=O)N(N)c1nc(Nc2cccc3ncccc23)c(C(N)=O)cc1F. The van der Waals surface area contributed by atoms with Crippen molar-refractivity contribution in [2.75, 3.05) is 10.3 Å². The maximum absolute atomic E-state index is 14.5. The van der Waals surface area contributed by atoms with Crippen LogP contribution in [0.1, 0.15) is 23.7 Å². The highest BCUT2D eigenvalue weighted by atomic mass is 19.1. The average molecular weight is 382 g/mol. The first-order valence-corrected chi connectivity index (χ1v) is 8.51. The van der Waals surface area contributed by atoms with E-state index in [0.717, 1.165) is 22.0 Å². The van der Waals surface area contributed by atoms with Gasteiger partial charge in [0.15, 0.2) is 11.6 Å². The Bertz CT molecular complexity index is 1040. The molecule has 2 aromatic heterocycles. The van der Waals surface area contributed by atoms with Gasteiger partial charge in [-0.2, -0.15) is 0 Å². The van der Waals surface area contributed by atoms with Crippen molar-refractivity contribution in [1.82, 2.24) is 9.97 Å². The van der Waals surface area contributed by atoms with Crippen molar-refractivity contribution in [3.63, 3.8) is 0 Å². The van der Waals surface area contributed by atoms with E-state index in [2.05, 4.69) is 15.3 Å². The molecule has 28 heavy (non-hydrogen) atoms. The number of hydrogen-bond donors (Lipinski definition) is 3. The maximum atomic E-state index is 14.5. The number of amides is 1. The van der Waals surface area contributed by atoms with Gasteiger partial charge in [0.1, 0.15) is 12.1 Å². The molecule has 5 N–H and O–H groups in total. The molecule has 0 saturated carbocycles. The lowest BCUT2D eigenvalue weighted by molar-refractivity contribution is -0.108. The van der Waals surface area contributed by atoms with Crippen molar-refractivity contribution in [3.8, 4) is 0 Å². The van der Waals surface area contributed by atoms with Crippen LogP contribution in [-0.4, -0.2) is 28.2 Å². The Morgan fingerprint density at radius 2 is 2.14 bits per heavy atom. The van der Waals surface area contributed by atoms with Gasteiger partial charge in [0.2, 0.25) is 0 Å². The Kier molecular flexibility index (Phi) is 5.46. The molecule has 0 radical (unpaired) electrons. The fourth-order valence-electron chi connectivity index (χ4n) is 2.74. The first-order valence-electron chi connectivity index (χ1n) is 8.51. The number of hydrazine groups is 1. The lowest BCUT2D eigenvalue weighted by Gasteiger charge is -2.25. The normalized spacial score (nSPS) is 11.8. The third-order valence-electron chi connectivity index (χ3n) is 4.28. The second-order valence-corrected chi connectivity index (χ2v) is 6.21. The lowest BCUT2D eigenvalue weighted by atomic mass is 10.1. The monoisotopic (exact) mass is 382 g/mol. The Balaban J connectivity index is 2.09. The van der Waals surface area contributed by atoms with Crippen molar-refractivity contribution in [1.29, 1.82) is 0 Å². The van der Waals surface area contributed by atoms with Crippen LogP contribution in [0.5, 0.6) is 0 Å². The molecule has 0 spiro atoms. The van der Waals surface area contributed by atoms with Crippen LogP contribution in [0.3, 0.4) is 0 Å². The average Bonchev–Trinajstić information content (AvgIpc) is 2.68. The van der Waals surface area contributed by atoms with E-state index in [1.807, 2.05) is 12.1 Å². The third kappa shape index (κ3) is 3.74. The quantitative estimate of drug-likeness (QED) is 0.325. The van der Waals surface area contributed by atoms with Gasteiger partial charge in [0.25, 0.3) is 5.91 Å². The standard InChI is InChI=1S/C19H19FN6O2/c1-11(7-9-27)26(22)19-14(20)10-13(17(21)28)18(25-19)24-16-6-2-5-15-12(16)4-3-8-23-15/h2-6,8-11H,7,22H2,1H3,(H2,21,28)(H,24,25).